The first-order valence-electron chi connectivity index (χ1n) is 7.49. The van der Waals surface area contributed by atoms with E-state index in [0.717, 1.165) is 37.9 Å². The maximum atomic E-state index is 12.7. The first-order valence-corrected chi connectivity index (χ1v) is 7.49. The molecule has 0 radical (unpaired) electrons. The van der Waals surface area contributed by atoms with Gasteiger partial charge in [-0.25, -0.2) is 9.97 Å². The summed E-state index contributed by atoms with van der Waals surface area (Å²) in [6, 6.07) is 6.68. The van der Waals surface area contributed by atoms with E-state index in [9.17, 15) is 13.2 Å². The fraction of sp³-hybridized carbons (Fsp3) is 0.375. The van der Waals surface area contributed by atoms with Gasteiger partial charge < -0.3 is 10.6 Å². The summed E-state index contributed by atoms with van der Waals surface area (Å²) in [6.07, 6.45) is 0.311. The lowest BCUT2D eigenvalue weighted by molar-refractivity contribution is -0.137. The Morgan fingerprint density at radius 3 is 2.57 bits per heavy atom. The molecule has 4 nitrogen and oxygen atoms in total. The number of nitrogens with one attached hydrogen (secondary N) is 2. The monoisotopic (exact) mass is 324 g/mol. The third-order valence-electron chi connectivity index (χ3n) is 3.22. The molecule has 124 valence electrons. The number of anilines is 3. The molecular weight excluding hydrogens is 305 g/mol. The van der Waals surface area contributed by atoms with Gasteiger partial charge in [0.25, 0.3) is 0 Å². The molecule has 2 N–H and O–H groups in total. The molecule has 0 saturated carbocycles. The summed E-state index contributed by atoms with van der Waals surface area (Å²) >= 11 is 0. The van der Waals surface area contributed by atoms with Crippen molar-refractivity contribution in [2.45, 2.75) is 32.4 Å². The van der Waals surface area contributed by atoms with Crippen LogP contribution in [0.25, 0.3) is 0 Å². The fourth-order valence-corrected chi connectivity index (χ4v) is 2.03. The molecule has 0 bridgehead atoms. The standard InChI is InChI=1S/C16H19F3N4/c1-2-3-4-8-20-14-10-15(22-11-21-14)23-13-7-5-6-12(9-13)16(17,18)19/h5-7,9-11H,2-4,8H2,1H3,(H2,20,21,22,23). The molecule has 0 spiro atoms. The Kier molecular flexibility index (Phi) is 5.78. The molecule has 7 heteroatoms. The zero-order valence-electron chi connectivity index (χ0n) is 12.8. The van der Waals surface area contributed by atoms with E-state index in [-0.39, 0.29) is 0 Å². The van der Waals surface area contributed by atoms with Crippen LogP contribution >= 0.6 is 0 Å². The number of hydrogen-bond donors (Lipinski definition) is 2. The molecule has 2 rings (SSSR count). The van der Waals surface area contributed by atoms with Crippen LogP contribution in [0.15, 0.2) is 36.7 Å². The number of hydrogen-bond acceptors (Lipinski definition) is 4. The van der Waals surface area contributed by atoms with E-state index in [2.05, 4.69) is 27.5 Å². The first kappa shape index (κ1) is 17.1. The Morgan fingerprint density at radius 2 is 1.83 bits per heavy atom. The predicted molar refractivity (Wildman–Crippen MR) is 84.8 cm³/mol. The molecule has 2 aromatic rings. The van der Waals surface area contributed by atoms with Crippen molar-refractivity contribution in [3.63, 3.8) is 0 Å². The number of unbranched alkanes of at least 4 members (excludes halogenated alkanes) is 2. The molecule has 1 heterocycles. The molecule has 0 aliphatic rings. The van der Waals surface area contributed by atoms with E-state index in [1.54, 1.807) is 12.1 Å². The van der Waals surface area contributed by atoms with Crippen LogP contribution in [0.2, 0.25) is 0 Å². The van der Waals surface area contributed by atoms with Crippen molar-refractivity contribution in [3.8, 4) is 0 Å². The van der Waals surface area contributed by atoms with Gasteiger partial charge >= 0.3 is 6.18 Å². The Hall–Kier alpha value is -2.31. The summed E-state index contributed by atoms with van der Waals surface area (Å²) in [5, 5.41) is 6.04. The Bertz CT molecular complexity index is 629. The van der Waals surface area contributed by atoms with Gasteiger partial charge in [0, 0.05) is 18.3 Å². The smallest absolute Gasteiger partial charge is 0.370 e. The van der Waals surface area contributed by atoms with Crippen LogP contribution in [-0.2, 0) is 6.18 Å². The highest BCUT2D eigenvalue weighted by Gasteiger charge is 2.30. The lowest BCUT2D eigenvalue weighted by Gasteiger charge is -2.11. The van der Waals surface area contributed by atoms with Gasteiger partial charge in [-0.15, -0.1) is 0 Å². The summed E-state index contributed by atoms with van der Waals surface area (Å²) in [5.41, 5.74) is -0.370. The highest BCUT2D eigenvalue weighted by Crippen LogP contribution is 2.31. The highest BCUT2D eigenvalue weighted by molar-refractivity contribution is 5.59. The zero-order valence-corrected chi connectivity index (χ0v) is 12.8. The predicted octanol–water partition coefficient (Wildman–Crippen LogP) is 4.84. The molecule has 0 fully saturated rings. The molecule has 0 aliphatic carbocycles. The summed E-state index contributed by atoms with van der Waals surface area (Å²) in [6.45, 7) is 2.93. The quantitative estimate of drug-likeness (QED) is 0.716. The molecule has 0 unspecified atom stereocenters. The first-order chi connectivity index (χ1) is 11.0. The van der Waals surface area contributed by atoms with Crippen LogP contribution in [0.3, 0.4) is 0 Å². The lowest BCUT2D eigenvalue weighted by Crippen LogP contribution is -2.06. The second-order valence-corrected chi connectivity index (χ2v) is 5.13. The summed E-state index contributed by atoms with van der Waals surface area (Å²) in [7, 11) is 0. The molecule has 0 aliphatic heterocycles. The van der Waals surface area contributed by atoms with Crippen LogP contribution in [0.1, 0.15) is 31.7 Å². The summed E-state index contributed by atoms with van der Waals surface area (Å²) < 4.78 is 38.1. The largest absolute Gasteiger partial charge is 0.416 e. The SMILES string of the molecule is CCCCCNc1cc(Nc2cccc(C(F)(F)F)c2)ncn1. The van der Waals surface area contributed by atoms with Gasteiger partial charge in [0.1, 0.15) is 18.0 Å². The summed E-state index contributed by atoms with van der Waals surface area (Å²) in [4.78, 5) is 8.12. The van der Waals surface area contributed by atoms with Crippen LogP contribution in [-0.4, -0.2) is 16.5 Å². The topological polar surface area (TPSA) is 49.8 Å². The molecule has 1 aromatic heterocycles. The van der Waals surface area contributed by atoms with Crippen molar-refractivity contribution < 1.29 is 13.2 Å². The Labute approximate surface area is 133 Å². The lowest BCUT2D eigenvalue weighted by atomic mass is 10.2. The zero-order chi connectivity index (χ0) is 16.7. The number of aromatic nitrogens is 2. The molecule has 1 aromatic carbocycles. The third kappa shape index (κ3) is 5.43. The van der Waals surface area contributed by atoms with Gasteiger partial charge in [0.15, 0.2) is 0 Å². The van der Waals surface area contributed by atoms with Crippen molar-refractivity contribution in [1.82, 2.24) is 9.97 Å². The normalized spacial score (nSPS) is 11.3. The van der Waals surface area contributed by atoms with Gasteiger partial charge in [0.05, 0.1) is 5.56 Å². The Morgan fingerprint density at radius 1 is 1.04 bits per heavy atom. The van der Waals surface area contributed by atoms with Crippen molar-refractivity contribution in [2.75, 3.05) is 17.2 Å². The minimum Gasteiger partial charge on any atom is -0.370 e. The summed E-state index contributed by atoms with van der Waals surface area (Å²) in [5.74, 6) is 1.09. The average molecular weight is 324 g/mol. The number of nitrogens with zero attached hydrogens (tertiary/aromatic N) is 2. The maximum Gasteiger partial charge on any atom is 0.416 e. The molecular formula is C16H19F3N4. The molecule has 0 amide bonds. The van der Waals surface area contributed by atoms with Gasteiger partial charge in [0.2, 0.25) is 0 Å². The number of halogens is 3. The van der Waals surface area contributed by atoms with Gasteiger partial charge in [-0.1, -0.05) is 25.8 Å². The van der Waals surface area contributed by atoms with Crippen molar-refractivity contribution in [2.24, 2.45) is 0 Å². The van der Waals surface area contributed by atoms with Crippen LogP contribution in [0.4, 0.5) is 30.5 Å². The second-order valence-electron chi connectivity index (χ2n) is 5.13. The minimum absolute atomic E-state index is 0.329. The minimum atomic E-state index is -4.37. The Balaban J connectivity index is 2.03. The van der Waals surface area contributed by atoms with Crippen molar-refractivity contribution in [1.29, 1.82) is 0 Å². The van der Waals surface area contributed by atoms with E-state index in [1.165, 1.54) is 12.4 Å². The maximum absolute atomic E-state index is 12.7. The van der Waals surface area contributed by atoms with E-state index < -0.39 is 11.7 Å². The average Bonchev–Trinajstić information content (AvgIpc) is 2.51. The van der Waals surface area contributed by atoms with E-state index >= 15 is 0 Å². The molecule has 23 heavy (non-hydrogen) atoms. The number of benzene rings is 1. The van der Waals surface area contributed by atoms with Gasteiger partial charge in [-0.05, 0) is 24.6 Å². The van der Waals surface area contributed by atoms with Crippen molar-refractivity contribution in [3.05, 3.63) is 42.2 Å². The van der Waals surface area contributed by atoms with E-state index in [0.29, 0.717) is 17.3 Å². The second kappa shape index (κ2) is 7.80. The van der Waals surface area contributed by atoms with Crippen LogP contribution < -0.4 is 10.6 Å². The van der Waals surface area contributed by atoms with Crippen LogP contribution in [0, 0.1) is 0 Å². The fourth-order valence-electron chi connectivity index (χ4n) is 2.03. The van der Waals surface area contributed by atoms with Crippen LogP contribution in [0.5, 0.6) is 0 Å². The van der Waals surface area contributed by atoms with E-state index in [4.69, 9.17) is 0 Å². The molecule has 0 atom stereocenters. The number of rotatable bonds is 7. The van der Waals surface area contributed by atoms with Crippen molar-refractivity contribution >= 4 is 17.3 Å². The highest BCUT2D eigenvalue weighted by atomic mass is 19.4. The van der Waals surface area contributed by atoms with Gasteiger partial charge in [-0.2, -0.15) is 13.2 Å². The molecule has 0 saturated heterocycles. The van der Waals surface area contributed by atoms with E-state index in [1.807, 2.05) is 0 Å². The van der Waals surface area contributed by atoms with Gasteiger partial charge in [-0.3, -0.25) is 0 Å². The third-order valence-corrected chi connectivity index (χ3v) is 3.22. The number of alkyl halides is 3.